The summed E-state index contributed by atoms with van der Waals surface area (Å²) in [5.74, 6) is 0.109. The number of sulfonamides is 1. The quantitative estimate of drug-likeness (QED) is 0.944. The summed E-state index contributed by atoms with van der Waals surface area (Å²) in [6, 6.07) is 14.7. The maximum atomic E-state index is 12.5. The van der Waals surface area contributed by atoms with Crippen LogP contribution in [0.4, 0.5) is 0 Å². The summed E-state index contributed by atoms with van der Waals surface area (Å²) in [5.41, 5.74) is -1.02. The van der Waals surface area contributed by atoms with Gasteiger partial charge >= 0.3 is 0 Å². The zero-order valence-corrected chi connectivity index (χ0v) is 12.5. The molecule has 21 heavy (non-hydrogen) atoms. The molecule has 1 N–H and O–H groups in total. The molecule has 0 heterocycles. The van der Waals surface area contributed by atoms with Crippen LogP contribution < -0.4 is 4.72 Å². The Morgan fingerprint density at radius 3 is 2.48 bits per heavy atom. The predicted molar refractivity (Wildman–Crippen MR) is 81.0 cm³/mol. The normalized spacial score (nSPS) is 18.1. The molecule has 0 amide bonds. The molecule has 108 valence electrons. The summed E-state index contributed by atoms with van der Waals surface area (Å²) < 4.78 is 27.6. The largest absolute Gasteiger partial charge is 0.241 e. The Bertz CT molecular complexity index is 835. The minimum Gasteiger partial charge on any atom is -0.207 e. The smallest absolute Gasteiger partial charge is 0.207 e. The van der Waals surface area contributed by atoms with Crippen molar-refractivity contribution in [1.29, 1.82) is 5.26 Å². The molecule has 2 aromatic carbocycles. The monoisotopic (exact) mass is 300 g/mol. The number of hydrogen-bond donors (Lipinski definition) is 1. The molecule has 0 spiro atoms. The molecular formula is C16H16N2O2S. The number of nitrogens with one attached hydrogen (secondary N) is 1. The highest BCUT2D eigenvalue weighted by atomic mass is 32.2. The molecule has 0 aromatic heterocycles. The molecule has 4 nitrogen and oxygen atoms in total. The van der Waals surface area contributed by atoms with Crippen molar-refractivity contribution >= 4 is 20.8 Å². The van der Waals surface area contributed by atoms with Crippen molar-refractivity contribution in [3.8, 4) is 6.07 Å². The van der Waals surface area contributed by atoms with Crippen LogP contribution in [-0.4, -0.2) is 14.0 Å². The Balaban J connectivity index is 1.98. The molecular weight excluding hydrogens is 284 g/mol. The van der Waals surface area contributed by atoms with E-state index in [1.165, 1.54) is 0 Å². The van der Waals surface area contributed by atoms with Gasteiger partial charge in [0.25, 0.3) is 0 Å². The third-order valence-electron chi connectivity index (χ3n) is 4.00. The fourth-order valence-corrected chi connectivity index (χ4v) is 3.95. The molecule has 1 aliphatic rings. The Morgan fingerprint density at radius 2 is 1.86 bits per heavy atom. The lowest BCUT2D eigenvalue weighted by Crippen LogP contribution is -2.46. The summed E-state index contributed by atoms with van der Waals surface area (Å²) in [6.45, 7) is 1.66. The van der Waals surface area contributed by atoms with Gasteiger partial charge in [0.1, 0.15) is 5.54 Å². The highest BCUT2D eigenvalue weighted by molar-refractivity contribution is 7.89. The summed E-state index contributed by atoms with van der Waals surface area (Å²) in [6.07, 6.45) is 1.79. The van der Waals surface area contributed by atoms with Gasteiger partial charge in [-0.15, -0.1) is 0 Å². The molecule has 0 radical (unpaired) electrons. The van der Waals surface area contributed by atoms with Crippen LogP contribution in [0.2, 0.25) is 0 Å². The van der Waals surface area contributed by atoms with E-state index in [1.54, 1.807) is 25.1 Å². The maximum absolute atomic E-state index is 12.5. The molecule has 1 saturated carbocycles. The van der Waals surface area contributed by atoms with Gasteiger partial charge in [-0.1, -0.05) is 30.3 Å². The number of nitriles is 1. The molecule has 5 heteroatoms. The van der Waals surface area contributed by atoms with Crippen molar-refractivity contribution in [1.82, 2.24) is 4.72 Å². The summed E-state index contributed by atoms with van der Waals surface area (Å²) >= 11 is 0. The maximum Gasteiger partial charge on any atom is 0.241 e. The zero-order valence-electron chi connectivity index (χ0n) is 11.7. The van der Waals surface area contributed by atoms with E-state index >= 15 is 0 Å². The number of rotatable bonds is 4. The first-order valence-electron chi connectivity index (χ1n) is 6.89. The lowest BCUT2D eigenvalue weighted by molar-refractivity contribution is 0.458. The van der Waals surface area contributed by atoms with Gasteiger partial charge in [-0.05, 0) is 48.6 Å². The lowest BCUT2D eigenvalue weighted by Gasteiger charge is -2.22. The fourth-order valence-electron chi connectivity index (χ4n) is 2.53. The van der Waals surface area contributed by atoms with Crippen LogP contribution in [0.5, 0.6) is 0 Å². The molecule has 1 aliphatic carbocycles. The zero-order chi connectivity index (χ0) is 15.1. The Hall–Kier alpha value is -1.90. The second-order valence-corrected chi connectivity index (χ2v) is 7.39. The summed E-state index contributed by atoms with van der Waals surface area (Å²) in [5, 5.41) is 11.2. The first-order valence-corrected chi connectivity index (χ1v) is 8.37. The third-order valence-corrected chi connectivity index (χ3v) is 5.57. The van der Waals surface area contributed by atoms with E-state index in [9.17, 15) is 13.7 Å². The fraction of sp³-hybridized carbons (Fsp3) is 0.312. The molecule has 3 rings (SSSR count). The van der Waals surface area contributed by atoms with E-state index in [4.69, 9.17) is 0 Å². The lowest BCUT2D eigenvalue weighted by atomic mass is 10.0. The number of hydrogen-bond acceptors (Lipinski definition) is 3. The van der Waals surface area contributed by atoms with Crippen LogP contribution in [0.15, 0.2) is 47.4 Å². The molecule has 0 unspecified atom stereocenters. The van der Waals surface area contributed by atoms with Gasteiger partial charge in [0.2, 0.25) is 10.0 Å². The first-order chi connectivity index (χ1) is 9.94. The van der Waals surface area contributed by atoms with E-state index in [1.807, 2.05) is 24.3 Å². The van der Waals surface area contributed by atoms with Crippen molar-refractivity contribution in [3.05, 3.63) is 42.5 Å². The van der Waals surface area contributed by atoms with Crippen LogP contribution in [-0.2, 0) is 10.0 Å². The molecule has 1 fully saturated rings. The molecule has 0 aliphatic heterocycles. The van der Waals surface area contributed by atoms with Gasteiger partial charge in [0.05, 0.1) is 11.0 Å². The highest BCUT2D eigenvalue weighted by Gasteiger charge is 2.44. The average molecular weight is 300 g/mol. The van der Waals surface area contributed by atoms with Gasteiger partial charge in [-0.2, -0.15) is 9.98 Å². The molecule has 0 saturated heterocycles. The van der Waals surface area contributed by atoms with Gasteiger partial charge in [0, 0.05) is 0 Å². The van der Waals surface area contributed by atoms with E-state index in [0.717, 1.165) is 23.6 Å². The van der Waals surface area contributed by atoms with Gasteiger partial charge in [-0.25, -0.2) is 8.42 Å². The molecule has 0 bridgehead atoms. The Morgan fingerprint density at radius 1 is 1.19 bits per heavy atom. The van der Waals surface area contributed by atoms with Crippen molar-refractivity contribution in [2.75, 3.05) is 0 Å². The van der Waals surface area contributed by atoms with E-state index in [2.05, 4.69) is 10.8 Å². The van der Waals surface area contributed by atoms with E-state index in [0.29, 0.717) is 0 Å². The number of fused-ring (bicyclic) bond motifs is 1. The van der Waals surface area contributed by atoms with Crippen LogP contribution in [0, 0.1) is 17.2 Å². The van der Waals surface area contributed by atoms with Gasteiger partial charge in [-0.3, -0.25) is 0 Å². The number of nitrogens with zero attached hydrogens (tertiary/aromatic N) is 1. The van der Waals surface area contributed by atoms with Gasteiger partial charge < -0.3 is 0 Å². The number of benzene rings is 2. The van der Waals surface area contributed by atoms with E-state index < -0.39 is 15.6 Å². The van der Waals surface area contributed by atoms with Gasteiger partial charge in [0.15, 0.2) is 0 Å². The molecule has 2 aromatic rings. The van der Waals surface area contributed by atoms with Crippen molar-refractivity contribution in [2.24, 2.45) is 5.92 Å². The highest BCUT2D eigenvalue weighted by Crippen LogP contribution is 2.40. The minimum atomic E-state index is -3.70. The molecule has 1 atom stereocenters. The van der Waals surface area contributed by atoms with Crippen LogP contribution in [0.1, 0.15) is 19.8 Å². The van der Waals surface area contributed by atoms with Crippen LogP contribution >= 0.6 is 0 Å². The summed E-state index contributed by atoms with van der Waals surface area (Å²) in [4.78, 5) is 0.198. The van der Waals surface area contributed by atoms with Crippen molar-refractivity contribution in [2.45, 2.75) is 30.2 Å². The van der Waals surface area contributed by atoms with Crippen molar-refractivity contribution in [3.63, 3.8) is 0 Å². The van der Waals surface area contributed by atoms with Crippen molar-refractivity contribution < 1.29 is 8.42 Å². The standard InChI is InChI=1S/C16H16N2O2S/c1-16(11-17,14-7-8-14)18-21(19,20)15-9-6-12-4-2-3-5-13(12)10-15/h2-6,9-10,14,18H,7-8H2,1H3/t16-/m0/s1. The summed E-state index contributed by atoms with van der Waals surface area (Å²) in [7, 11) is -3.70. The SMILES string of the molecule is C[C@@](C#N)(NS(=O)(=O)c1ccc2ccccc2c1)C1CC1. The second kappa shape index (κ2) is 4.83. The second-order valence-electron chi connectivity index (χ2n) is 5.70. The van der Waals surface area contributed by atoms with Crippen LogP contribution in [0.3, 0.4) is 0 Å². The first kappa shape index (κ1) is 14.1. The Kier molecular flexibility index (Phi) is 3.23. The van der Waals surface area contributed by atoms with Crippen LogP contribution in [0.25, 0.3) is 10.8 Å². The van der Waals surface area contributed by atoms with E-state index in [-0.39, 0.29) is 10.8 Å². The minimum absolute atomic E-state index is 0.109. The Labute approximate surface area is 124 Å². The predicted octanol–water partition coefficient (Wildman–Crippen LogP) is 2.81. The average Bonchev–Trinajstić information content (AvgIpc) is 3.31. The third kappa shape index (κ3) is 2.65. The topological polar surface area (TPSA) is 70.0 Å².